The molecule has 1 saturated heterocycles. The van der Waals surface area contributed by atoms with Crippen molar-refractivity contribution in [1.29, 1.82) is 0 Å². The minimum absolute atomic E-state index is 0.0191. The predicted molar refractivity (Wildman–Crippen MR) is 99.5 cm³/mol. The molecule has 3 heterocycles. The molecule has 3 aromatic rings. The highest BCUT2D eigenvalue weighted by molar-refractivity contribution is 7.03. The van der Waals surface area contributed by atoms with Gasteiger partial charge in [-0.15, -0.1) is 0 Å². The van der Waals surface area contributed by atoms with Gasteiger partial charge < -0.3 is 4.90 Å². The minimum atomic E-state index is 0.0191. The Hall–Kier alpha value is -2.38. The maximum Gasteiger partial charge on any atom is 0.229 e. The van der Waals surface area contributed by atoms with Gasteiger partial charge in [-0.1, -0.05) is 12.1 Å². The van der Waals surface area contributed by atoms with Crippen molar-refractivity contribution in [3.63, 3.8) is 0 Å². The van der Waals surface area contributed by atoms with E-state index in [1.807, 2.05) is 29.8 Å². The monoisotopic (exact) mass is 353 g/mol. The number of benzene rings is 1. The highest BCUT2D eigenvalue weighted by atomic mass is 32.1. The second kappa shape index (κ2) is 6.85. The zero-order valence-corrected chi connectivity index (χ0v) is 14.8. The standard InChI is InChI=1S/C18H19N5OS/c1-23-6-4-12(5-7-23)17(24)22-18-19-9-14-3-2-13(8-16(14)21-18)15-10-20-25-11-15/h2-3,8-12H,4-7H2,1H3,(H,19,21,22,24). The molecule has 0 radical (unpaired) electrons. The van der Waals surface area contributed by atoms with Gasteiger partial charge in [0.1, 0.15) is 0 Å². The largest absolute Gasteiger partial charge is 0.306 e. The van der Waals surface area contributed by atoms with Crippen molar-refractivity contribution < 1.29 is 4.79 Å². The number of aromatic nitrogens is 3. The number of nitrogens with zero attached hydrogens (tertiary/aromatic N) is 4. The van der Waals surface area contributed by atoms with Crippen LogP contribution in [0.5, 0.6) is 0 Å². The minimum Gasteiger partial charge on any atom is -0.306 e. The second-order valence-corrected chi connectivity index (χ2v) is 7.10. The summed E-state index contributed by atoms with van der Waals surface area (Å²) in [5.74, 6) is 0.432. The average molecular weight is 353 g/mol. The molecule has 128 valence electrons. The first kappa shape index (κ1) is 16.1. The molecule has 25 heavy (non-hydrogen) atoms. The summed E-state index contributed by atoms with van der Waals surface area (Å²) in [6.45, 7) is 1.91. The molecule has 6 nitrogen and oxygen atoms in total. The molecule has 0 saturated carbocycles. The lowest BCUT2D eigenvalue weighted by atomic mass is 9.96. The molecule has 1 amide bonds. The maximum atomic E-state index is 12.4. The van der Waals surface area contributed by atoms with Crippen molar-refractivity contribution in [2.75, 3.05) is 25.5 Å². The molecule has 0 aliphatic carbocycles. The molecule has 1 aliphatic rings. The molecule has 2 aromatic heterocycles. The number of rotatable bonds is 3. The summed E-state index contributed by atoms with van der Waals surface area (Å²) in [4.78, 5) is 23.5. The molecule has 0 spiro atoms. The third kappa shape index (κ3) is 3.52. The first-order valence-electron chi connectivity index (χ1n) is 8.35. The summed E-state index contributed by atoms with van der Waals surface area (Å²) in [6, 6.07) is 6.03. The third-order valence-electron chi connectivity index (χ3n) is 4.67. The Balaban J connectivity index is 1.54. The lowest BCUT2D eigenvalue weighted by Crippen LogP contribution is -2.36. The third-order valence-corrected chi connectivity index (χ3v) is 5.26. The van der Waals surface area contributed by atoms with Crippen molar-refractivity contribution in [2.24, 2.45) is 5.92 Å². The van der Waals surface area contributed by atoms with E-state index >= 15 is 0 Å². The van der Waals surface area contributed by atoms with E-state index in [-0.39, 0.29) is 11.8 Å². The Labute approximate surface area is 150 Å². The lowest BCUT2D eigenvalue weighted by molar-refractivity contribution is -0.121. The summed E-state index contributed by atoms with van der Waals surface area (Å²) >= 11 is 1.42. The van der Waals surface area contributed by atoms with Gasteiger partial charge in [0.2, 0.25) is 11.9 Å². The fourth-order valence-corrected chi connectivity index (χ4v) is 3.64. The van der Waals surface area contributed by atoms with Crippen LogP contribution in [0.3, 0.4) is 0 Å². The van der Waals surface area contributed by atoms with E-state index in [2.05, 4.69) is 31.6 Å². The van der Waals surface area contributed by atoms with Crippen molar-refractivity contribution in [3.05, 3.63) is 36.0 Å². The van der Waals surface area contributed by atoms with Gasteiger partial charge in [-0.2, -0.15) is 0 Å². The fourth-order valence-electron chi connectivity index (χ4n) is 3.09. The summed E-state index contributed by atoms with van der Waals surface area (Å²) in [6.07, 6.45) is 5.36. The molecule has 1 fully saturated rings. The Bertz CT molecular complexity index is 888. The number of hydrogen-bond donors (Lipinski definition) is 1. The number of piperidine rings is 1. The quantitative estimate of drug-likeness (QED) is 0.784. The zero-order chi connectivity index (χ0) is 17.2. The molecule has 4 rings (SSSR count). The smallest absolute Gasteiger partial charge is 0.229 e. The normalized spacial score (nSPS) is 16.2. The first-order valence-corrected chi connectivity index (χ1v) is 9.19. The van der Waals surface area contributed by atoms with E-state index in [9.17, 15) is 4.79 Å². The Kier molecular flexibility index (Phi) is 4.42. The van der Waals surface area contributed by atoms with Crippen LogP contribution in [0.4, 0.5) is 5.95 Å². The van der Waals surface area contributed by atoms with Gasteiger partial charge in [-0.25, -0.2) is 14.3 Å². The van der Waals surface area contributed by atoms with Crippen LogP contribution < -0.4 is 5.32 Å². The predicted octanol–water partition coefficient (Wildman–Crippen LogP) is 3.03. The molecule has 0 atom stereocenters. The van der Waals surface area contributed by atoms with Crippen molar-refractivity contribution in [3.8, 4) is 11.1 Å². The number of amides is 1. The van der Waals surface area contributed by atoms with Gasteiger partial charge >= 0.3 is 0 Å². The summed E-state index contributed by atoms with van der Waals surface area (Å²) in [5, 5.41) is 5.84. The zero-order valence-electron chi connectivity index (χ0n) is 14.0. The number of carbonyl (C=O) groups excluding carboxylic acids is 1. The lowest BCUT2D eigenvalue weighted by Gasteiger charge is -2.27. The summed E-state index contributed by atoms with van der Waals surface area (Å²) in [7, 11) is 2.08. The highest BCUT2D eigenvalue weighted by Gasteiger charge is 2.23. The number of anilines is 1. The average Bonchev–Trinajstić information content (AvgIpc) is 3.16. The van der Waals surface area contributed by atoms with E-state index < -0.39 is 0 Å². The van der Waals surface area contributed by atoms with E-state index in [4.69, 9.17) is 0 Å². The van der Waals surface area contributed by atoms with Crippen LogP contribution in [-0.2, 0) is 4.79 Å². The van der Waals surface area contributed by atoms with Crippen LogP contribution in [-0.4, -0.2) is 45.3 Å². The fraction of sp³-hybridized carbons (Fsp3) is 0.333. The molecular weight excluding hydrogens is 334 g/mol. The molecule has 0 bridgehead atoms. The van der Waals surface area contributed by atoms with Gasteiger partial charge in [0.15, 0.2) is 0 Å². The molecule has 1 aliphatic heterocycles. The van der Waals surface area contributed by atoms with Gasteiger partial charge in [0, 0.05) is 34.6 Å². The molecule has 1 aromatic carbocycles. The van der Waals surface area contributed by atoms with Crippen LogP contribution in [0.1, 0.15) is 12.8 Å². The van der Waals surface area contributed by atoms with Crippen LogP contribution in [0, 0.1) is 5.92 Å². The van der Waals surface area contributed by atoms with Crippen LogP contribution in [0.15, 0.2) is 36.0 Å². The van der Waals surface area contributed by atoms with E-state index in [0.29, 0.717) is 5.95 Å². The first-order chi connectivity index (χ1) is 12.2. The number of hydrogen-bond acceptors (Lipinski definition) is 6. The van der Waals surface area contributed by atoms with Gasteiger partial charge in [0.25, 0.3) is 0 Å². The van der Waals surface area contributed by atoms with Crippen molar-refractivity contribution in [1.82, 2.24) is 19.2 Å². The van der Waals surface area contributed by atoms with Crippen LogP contribution in [0.2, 0.25) is 0 Å². The Morgan fingerprint density at radius 3 is 2.84 bits per heavy atom. The molecule has 7 heteroatoms. The summed E-state index contributed by atoms with van der Waals surface area (Å²) in [5.41, 5.74) is 2.95. The van der Waals surface area contributed by atoms with Gasteiger partial charge in [-0.05, 0) is 56.1 Å². The number of fused-ring (bicyclic) bond motifs is 1. The SMILES string of the molecule is CN1CCC(C(=O)Nc2ncc3ccc(-c4cnsc4)cc3n2)CC1. The van der Waals surface area contributed by atoms with Gasteiger partial charge in [-0.3, -0.25) is 10.1 Å². The van der Waals surface area contributed by atoms with Crippen molar-refractivity contribution in [2.45, 2.75) is 12.8 Å². The number of nitrogens with one attached hydrogen (secondary N) is 1. The Morgan fingerprint density at radius 1 is 1.24 bits per heavy atom. The van der Waals surface area contributed by atoms with E-state index in [1.54, 1.807) is 6.20 Å². The van der Waals surface area contributed by atoms with Crippen LogP contribution in [0.25, 0.3) is 22.0 Å². The molecular formula is C18H19N5OS. The van der Waals surface area contributed by atoms with E-state index in [1.165, 1.54) is 11.5 Å². The highest BCUT2D eigenvalue weighted by Crippen LogP contribution is 2.25. The van der Waals surface area contributed by atoms with Crippen LogP contribution >= 0.6 is 11.5 Å². The second-order valence-electron chi connectivity index (χ2n) is 6.45. The number of carbonyl (C=O) groups is 1. The Morgan fingerprint density at radius 2 is 2.08 bits per heavy atom. The topological polar surface area (TPSA) is 71.0 Å². The summed E-state index contributed by atoms with van der Waals surface area (Å²) < 4.78 is 4.14. The molecule has 0 unspecified atom stereocenters. The number of likely N-dealkylation sites (tertiary alicyclic amines) is 1. The van der Waals surface area contributed by atoms with Crippen molar-refractivity contribution >= 4 is 34.3 Å². The van der Waals surface area contributed by atoms with E-state index in [0.717, 1.165) is 48.0 Å². The maximum absolute atomic E-state index is 12.4. The molecule has 1 N–H and O–H groups in total. The van der Waals surface area contributed by atoms with Gasteiger partial charge in [0.05, 0.1) is 5.52 Å².